The van der Waals surface area contributed by atoms with Crippen LogP contribution in [0.25, 0.3) is 6.08 Å². The number of hydrogen-bond donors (Lipinski definition) is 2. The number of fused-ring (bicyclic) bond motifs is 1. The Labute approximate surface area is 145 Å². The van der Waals surface area contributed by atoms with E-state index in [1.54, 1.807) is 0 Å². The molecular formula is C18H26BNO2S. The summed E-state index contributed by atoms with van der Waals surface area (Å²) in [5.74, 6) is 0.617. The Morgan fingerprint density at radius 1 is 1.22 bits per heavy atom. The van der Waals surface area contributed by atoms with Crippen LogP contribution in [0.15, 0.2) is 23.7 Å². The zero-order valence-corrected chi connectivity index (χ0v) is 15.4. The third kappa shape index (κ3) is 3.38. The van der Waals surface area contributed by atoms with Crippen molar-refractivity contribution in [2.24, 2.45) is 0 Å². The van der Waals surface area contributed by atoms with Crippen molar-refractivity contribution in [3.8, 4) is 0 Å². The highest BCUT2D eigenvalue weighted by Crippen LogP contribution is 2.39. The first-order chi connectivity index (χ1) is 10.8. The molecule has 2 aliphatic heterocycles. The maximum atomic E-state index is 6.15. The van der Waals surface area contributed by atoms with Gasteiger partial charge in [0.1, 0.15) is 0 Å². The summed E-state index contributed by atoms with van der Waals surface area (Å²) in [6.07, 6.45) is 3.26. The summed E-state index contributed by atoms with van der Waals surface area (Å²) in [4.78, 5) is 0. The minimum Gasteiger partial charge on any atom is -0.400 e. The van der Waals surface area contributed by atoms with E-state index in [1.807, 2.05) is 0 Å². The maximum absolute atomic E-state index is 6.15. The standard InChI is InChI=1S/C18H26BNO2S/c1-17(2)18(3,4)22-19(21-17)16(12-23)10-13-5-6-14-7-8-20-11-15(14)9-13/h5-6,9-10,20,23H,7-8,11-12H2,1-4H3. The molecule has 1 aromatic rings. The molecule has 0 aromatic heterocycles. The second-order valence-corrected chi connectivity index (χ2v) is 7.74. The van der Waals surface area contributed by atoms with Crippen LogP contribution < -0.4 is 5.32 Å². The van der Waals surface area contributed by atoms with Crippen molar-refractivity contribution >= 4 is 25.8 Å². The van der Waals surface area contributed by atoms with Crippen molar-refractivity contribution in [2.75, 3.05) is 12.3 Å². The average Bonchev–Trinajstić information content (AvgIpc) is 2.72. The van der Waals surface area contributed by atoms with Gasteiger partial charge >= 0.3 is 7.12 Å². The lowest BCUT2D eigenvalue weighted by molar-refractivity contribution is 0.00578. The Hall–Kier alpha value is -0.745. The fraction of sp³-hybridized carbons (Fsp3) is 0.556. The highest BCUT2D eigenvalue weighted by atomic mass is 32.1. The molecule has 23 heavy (non-hydrogen) atoms. The van der Waals surface area contributed by atoms with Gasteiger partial charge in [0, 0.05) is 12.3 Å². The van der Waals surface area contributed by atoms with Crippen molar-refractivity contribution < 1.29 is 9.31 Å². The first-order valence-electron chi connectivity index (χ1n) is 8.32. The molecule has 5 heteroatoms. The van der Waals surface area contributed by atoms with E-state index >= 15 is 0 Å². The minimum absolute atomic E-state index is 0.320. The molecule has 1 fully saturated rings. The van der Waals surface area contributed by atoms with Crippen LogP contribution in [0.5, 0.6) is 0 Å². The van der Waals surface area contributed by atoms with E-state index in [0.717, 1.165) is 25.0 Å². The third-order valence-electron chi connectivity index (χ3n) is 5.21. The molecule has 3 rings (SSSR count). The topological polar surface area (TPSA) is 30.5 Å². The normalized spacial score (nSPS) is 23.0. The van der Waals surface area contributed by atoms with Crippen LogP contribution in [0.1, 0.15) is 44.4 Å². The lowest BCUT2D eigenvalue weighted by atomic mass is 9.78. The molecule has 2 aliphatic rings. The molecule has 0 spiro atoms. The van der Waals surface area contributed by atoms with Crippen molar-refractivity contribution in [1.29, 1.82) is 0 Å². The minimum atomic E-state index is -0.327. The van der Waals surface area contributed by atoms with Gasteiger partial charge in [0.05, 0.1) is 11.2 Å². The van der Waals surface area contributed by atoms with Crippen LogP contribution in [0, 0.1) is 0 Å². The summed E-state index contributed by atoms with van der Waals surface area (Å²) in [5.41, 5.74) is 4.45. The lowest BCUT2D eigenvalue weighted by Gasteiger charge is -2.32. The number of thiol groups is 1. The summed E-state index contributed by atoms with van der Waals surface area (Å²) in [5, 5.41) is 3.43. The van der Waals surface area contributed by atoms with Crippen molar-refractivity contribution in [1.82, 2.24) is 5.32 Å². The van der Waals surface area contributed by atoms with E-state index in [4.69, 9.17) is 9.31 Å². The predicted molar refractivity (Wildman–Crippen MR) is 99.8 cm³/mol. The second kappa shape index (κ2) is 6.28. The van der Waals surface area contributed by atoms with Crippen LogP contribution in [0.3, 0.4) is 0 Å². The van der Waals surface area contributed by atoms with Crippen LogP contribution >= 0.6 is 12.6 Å². The Morgan fingerprint density at radius 2 is 1.91 bits per heavy atom. The quantitative estimate of drug-likeness (QED) is 0.658. The summed E-state index contributed by atoms with van der Waals surface area (Å²) in [6.45, 7) is 10.3. The van der Waals surface area contributed by atoms with E-state index in [0.29, 0.717) is 5.75 Å². The molecule has 2 heterocycles. The van der Waals surface area contributed by atoms with Gasteiger partial charge in [-0.3, -0.25) is 0 Å². The molecule has 0 bridgehead atoms. The molecule has 0 aliphatic carbocycles. The number of rotatable bonds is 3. The molecule has 0 atom stereocenters. The van der Waals surface area contributed by atoms with E-state index in [-0.39, 0.29) is 18.3 Å². The highest BCUT2D eigenvalue weighted by Gasteiger charge is 2.52. The molecule has 1 saturated heterocycles. The first-order valence-corrected chi connectivity index (χ1v) is 8.95. The highest BCUT2D eigenvalue weighted by molar-refractivity contribution is 7.80. The Balaban J connectivity index is 1.85. The monoisotopic (exact) mass is 331 g/mol. The van der Waals surface area contributed by atoms with Gasteiger partial charge in [0.2, 0.25) is 0 Å². The van der Waals surface area contributed by atoms with Gasteiger partial charge in [-0.15, -0.1) is 0 Å². The van der Waals surface area contributed by atoms with Gasteiger partial charge in [-0.1, -0.05) is 24.3 Å². The van der Waals surface area contributed by atoms with Gasteiger partial charge < -0.3 is 14.6 Å². The molecule has 3 nitrogen and oxygen atoms in total. The van der Waals surface area contributed by atoms with E-state index in [2.05, 4.69) is 69.9 Å². The van der Waals surface area contributed by atoms with E-state index in [1.165, 1.54) is 16.7 Å². The van der Waals surface area contributed by atoms with E-state index in [9.17, 15) is 0 Å². The molecule has 0 radical (unpaired) electrons. The van der Waals surface area contributed by atoms with Crippen LogP contribution in [0.2, 0.25) is 0 Å². The van der Waals surface area contributed by atoms with Crippen molar-refractivity contribution in [3.05, 3.63) is 40.4 Å². The fourth-order valence-electron chi connectivity index (χ4n) is 2.99. The first kappa shape index (κ1) is 17.1. The third-order valence-corrected chi connectivity index (χ3v) is 5.57. The van der Waals surface area contributed by atoms with Gasteiger partial charge in [-0.05, 0) is 62.8 Å². The molecule has 124 valence electrons. The van der Waals surface area contributed by atoms with Crippen LogP contribution in [-0.2, 0) is 22.3 Å². The summed E-state index contributed by atoms with van der Waals surface area (Å²) in [6, 6.07) is 6.68. The number of nitrogens with one attached hydrogen (secondary N) is 1. The van der Waals surface area contributed by atoms with Crippen LogP contribution in [0.4, 0.5) is 0 Å². The lowest BCUT2D eigenvalue weighted by Crippen LogP contribution is -2.41. The smallest absolute Gasteiger partial charge is 0.400 e. The van der Waals surface area contributed by atoms with Gasteiger partial charge in [0.15, 0.2) is 0 Å². The van der Waals surface area contributed by atoms with Gasteiger partial charge in [-0.2, -0.15) is 12.6 Å². The van der Waals surface area contributed by atoms with Gasteiger partial charge in [-0.25, -0.2) is 0 Å². The summed E-state index contributed by atoms with van der Waals surface area (Å²) in [7, 11) is -0.327. The molecule has 0 saturated carbocycles. The van der Waals surface area contributed by atoms with Crippen molar-refractivity contribution in [3.63, 3.8) is 0 Å². The van der Waals surface area contributed by atoms with Gasteiger partial charge in [0.25, 0.3) is 0 Å². The molecular weight excluding hydrogens is 305 g/mol. The number of hydrogen-bond acceptors (Lipinski definition) is 4. The molecule has 1 N–H and O–H groups in total. The zero-order valence-electron chi connectivity index (χ0n) is 14.5. The Kier molecular flexibility index (Phi) is 4.67. The summed E-state index contributed by atoms with van der Waals surface area (Å²) < 4.78 is 12.3. The van der Waals surface area contributed by atoms with Crippen molar-refractivity contribution in [2.45, 2.75) is 51.9 Å². The summed E-state index contributed by atoms with van der Waals surface area (Å²) >= 11 is 4.49. The zero-order chi connectivity index (χ0) is 16.7. The largest absolute Gasteiger partial charge is 0.491 e. The number of benzene rings is 1. The predicted octanol–water partition coefficient (Wildman–Crippen LogP) is 3.28. The molecule has 0 amide bonds. The second-order valence-electron chi connectivity index (χ2n) is 7.42. The molecule has 1 aromatic carbocycles. The fourth-order valence-corrected chi connectivity index (χ4v) is 3.23. The Bertz CT molecular complexity index is 611. The SMILES string of the molecule is CC1(C)OB(C(=Cc2ccc3c(c2)CNCC3)CS)OC1(C)C. The molecule has 0 unspecified atom stereocenters. The maximum Gasteiger partial charge on any atom is 0.491 e. The Morgan fingerprint density at radius 3 is 2.57 bits per heavy atom. The average molecular weight is 331 g/mol. The van der Waals surface area contributed by atoms with Crippen LogP contribution in [-0.4, -0.2) is 30.6 Å². The van der Waals surface area contributed by atoms with E-state index < -0.39 is 0 Å².